The number of anilines is 2. The Balaban J connectivity index is 2.31. The summed E-state index contributed by atoms with van der Waals surface area (Å²) in [7, 11) is 1.79. The number of hydrogen-bond acceptors (Lipinski definition) is 5. The minimum Gasteiger partial charge on any atom is -0.443 e. The molecule has 27 heavy (non-hydrogen) atoms. The highest BCUT2D eigenvalue weighted by Gasteiger charge is 2.40. The van der Waals surface area contributed by atoms with Crippen LogP contribution in [-0.4, -0.2) is 53.2 Å². The molecular weight excluding hydrogens is 348 g/mol. The van der Waals surface area contributed by atoms with Crippen molar-refractivity contribution in [3.63, 3.8) is 0 Å². The summed E-state index contributed by atoms with van der Waals surface area (Å²) in [4.78, 5) is 29.0. The SMILES string of the molecule is CCOCCCC(=O)N1c2c(c(C)nn2C)N(C(=O)OC(C)(C)C)CC1C. The Bertz CT molecular complexity index is 693. The van der Waals surface area contributed by atoms with Crippen LogP contribution in [0.2, 0.25) is 0 Å². The normalized spacial score (nSPS) is 17.1. The number of fused-ring (bicyclic) bond motifs is 1. The number of aryl methyl sites for hydroxylation is 2. The lowest BCUT2D eigenvalue weighted by Crippen LogP contribution is -2.53. The summed E-state index contributed by atoms with van der Waals surface area (Å²) >= 11 is 0. The van der Waals surface area contributed by atoms with E-state index in [9.17, 15) is 9.59 Å². The molecule has 0 spiro atoms. The molecule has 2 amide bonds. The molecule has 0 saturated carbocycles. The number of hydrogen-bond donors (Lipinski definition) is 0. The molecule has 152 valence electrons. The lowest BCUT2D eigenvalue weighted by molar-refractivity contribution is -0.119. The van der Waals surface area contributed by atoms with Crippen LogP contribution in [0.1, 0.15) is 53.2 Å². The van der Waals surface area contributed by atoms with Crippen molar-refractivity contribution in [2.24, 2.45) is 7.05 Å². The summed E-state index contributed by atoms with van der Waals surface area (Å²) in [5.74, 6) is 0.647. The predicted octanol–water partition coefficient (Wildman–Crippen LogP) is 3.02. The quantitative estimate of drug-likeness (QED) is 0.734. The third-order valence-electron chi connectivity index (χ3n) is 4.31. The van der Waals surface area contributed by atoms with Crippen LogP contribution in [0, 0.1) is 6.92 Å². The first-order chi connectivity index (χ1) is 12.6. The van der Waals surface area contributed by atoms with Crippen LogP contribution in [-0.2, 0) is 21.3 Å². The number of nitrogens with zero attached hydrogens (tertiary/aromatic N) is 4. The fourth-order valence-corrected chi connectivity index (χ4v) is 3.30. The van der Waals surface area contributed by atoms with Crippen LogP contribution in [0.4, 0.5) is 16.3 Å². The van der Waals surface area contributed by atoms with E-state index in [1.807, 2.05) is 41.5 Å². The van der Waals surface area contributed by atoms with Crippen molar-refractivity contribution in [1.82, 2.24) is 9.78 Å². The van der Waals surface area contributed by atoms with E-state index < -0.39 is 11.7 Å². The highest BCUT2D eigenvalue weighted by atomic mass is 16.6. The molecule has 2 rings (SSSR count). The van der Waals surface area contributed by atoms with Crippen LogP contribution in [0.25, 0.3) is 0 Å². The van der Waals surface area contributed by atoms with Crippen molar-refractivity contribution in [3.8, 4) is 0 Å². The monoisotopic (exact) mass is 380 g/mol. The highest BCUT2D eigenvalue weighted by Crippen LogP contribution is 2.39. The topological polar surface area (TPSA) is 76.9 Å². The molecule has 0 radical (unpaired) electrons. The zero-order valence-electron chi connectivity index (χ0n) is 17.5. The Kier molecular flexibility index (Phi) is 6.51. The summed E-state index contributed by atoms with van der Waals surface area (Å²) in [6, 6.07) is -0.181. The molecule has 1 aliphatic rings. The largest absolute Gasteiger partial charge is 0.443 e. The van der Waals surface area contributed by atoms with Gasteiger partial charge in [-0.1, -0.05) is 0 Å². The van der Waals surface area contributed by atoms with E-state index in [4.69, 9.17) is 9.47 Å². The van der Waals surface area contributed by atoms with Crippen LogP contribution in [0.3, 0.4) is 0 Å². The first kappa shape index (κ1) is 21.2. The van der Waals surface area contributed by atoms with Gasteiger partial charge in [0.25, 0.3) is 0 Å². The predicted molar refractivity (Wildman–Crippen MR) is 104 cm³/mol. The first-order valence-corrected chi connectivity index (χ1v) is 9.50. The number of aromatic nitrogens is 2. The number of carbonyl (C=O) groups is 2. The maximum atomic E-state index is 12.9. The van der Waals surface area contributed by atoms with E-state index in [0.29, 0.717) is 49.8 Å². The summed E-state index contributed by atoms with van der Waals surface area (Å²) in [5, 5.41) is 4.45. The van der Waals surface area contributed by atoms with Gasteiger partial charge in [0, 0.05) is 26.7 Å². The average molecular weight is 380 g/mol. The number of rotatable bonds is 5. The van der Waals surface area contributed by atoms with E-state index >= 15 is 0 Å². The molecule has 0 aliphatic carbocycles. The standard InChI is InChI=1S/C19H32N4O4/c1-8-26-11-9-10-15(24)23-13(2)12-22(18(25)27-19(4,5)6)16-14(3)20-21(7)17(16)23/h13H,8-12H2,1-7H3. The molecule has 8 nitrogen and oxygen atoms in total. The maximum absolute atomic E-state index is 12.9. The summed E-state index contributed by atoms with van der Waals surface area (Å²) in [5.41, 5.74) is 0.739. The van der Waals surface area contributed by atoms with E-state index in [1.165, 1.54) is 0 Å². The third-order valence-corrected chi connectivity index (χ3v) is 4.31. The molecule has 2 heterocycles. The van der Waals surface area contributed by atoms with Gasteiger partial charge in [-0.3, -0.25) is 19.3 Å². The Labute approximate surface area is 161 Å². The molecule has 0 bridgehead atoms. The van der Waals surface area contributed by atoms with Crippen molar-refractivity contribution in [3.05, 3.63) is 5.69 Å². The number of amides is 2. The molecule has 0 fully saturated rings. The summed E-state index contributed by atoms with van der Waals surface area (Å²) < 4.78 is 12.6. The smallest absolute Gasteiger partial charge is 0.415 e. The zero-order chi connectivity index (χ0) is 20.4. The van der Waals surface area contributed by atoms with E-state index in [-0.39, 0.29) is 11.9 Å². The molecule has 0 aromatic carbocycles. The second-order valence-corrected chi connectivity index (χ2v) is 7.89. The summed E-state index contributed by atoms with van der Waals surface area (Å²) in [6.45, 7) is 12.8. The Morgan fingerprint density at radius 3 is 2.56 bits per heavy atom. The Morgan fingerprint density at radius 2 is 1.96 bits per heavy atom. The zero-order valence-corrected chi connectivity index (χ0v) is 17.5. The van der Waals surface area contributed by atoms with Gasteiger partial charge in [-0.2, -0.15) is 5.10 Å². The molecular formula is C19H32N4O4. The minimum atomic E-state index is -0.594. The van der Waals surface area contributed by atoms with Crippen molar-refractivity contribution < 1.29 is 19.1 Å². The third kappa shape index (κ3) is 4.80. The average Bonchev–Trinajstić information content (AvgIpc) is 2.84. The second kappa shape index (κ2) is 8.29. The lowest BCUT2D eigenvalue weighted by Gasteiger charge is -2.40. The number of ether oxygens (including phenoxy) is 2. The van der Waals surface area contributed by atoms with Gasteiger partial charge in [-0.25, -0.2) is 4.79 Å². The first-order valence-electron chi connectivity index (χ1n) is 9.50. The molecule has 1 aromatic rings. The molecule has 0 saturated heterocycles. The Morgan fingerprint density at radius 1 is 1.30 bits per heavy atom. The van der Waals surface area contributed by atoms with Gasteiger partial charge in [-0.15, -0.1) is 0 Å². The van der Waals surface area contributed by atoms with Gasteiger partial charge in [0.15, 0.2) is 5.82 Å². The molecule has 1 aromatic heterocycles. The maximum Gasteiger partial charge on any atom is 0.415 e. The van der Waals surface area contributed by atoms with Crippen LogP contribution in [0.15, 0.2) is 0 Å². The van der Waals surface area contributed by atoms with Gasteiger partial charge in [0.1, 0.15) is 11.3 Å². The van der Waals surface area contributed by atoms with Crippen LogP contribution in [0.5, 0.6) is 0 Å². The molecule has 1 aliphatic heterocycles. The molecule has 1 atom stereocenters. The van der Waals surface area contributed by atoms with E-state index in [0.717, 1.165) is 0 Å². The van der Waals surface area contributed by atoms with Crippen LogP contribution >= 0.6 is 0 Å². The fraction of sp³-hybridized carbons (Fsp3) is 0.737. The minimum absolute atomic E-state index is 0.00953. The van der Waals surface area contributed by atoms with E-state index in [1.54, 1.807) is 21.5 Å². The van der Waals surface area contributed by atoms with Gasteiger partial charge >= 0.3 is 6.09 Å². The van der Waals surface area contributed by atoms with Crippen molar-refractivity contribution in [2.75, 3.05) is 29.6 Å². The van der Waals surface area contributed by atoms with Crippen molar-refractivity contribution in [1.29, 1.82) is 0 Å². The fourth-order valence-electron chi connectivity index (χ4n) is 3.30. The van der Waals surface area contributed by atoms with E-state index in [2.05, 4.69) is 5.10 Å². The van der Waals surface area contributed by atoms with Gasteiger partial charge in [-0.05, 0) is 48.0 Å². The van der Waals surface area contributed by atoms with Gasteiger partial charge in [0.05, 0.1) is 18.3 Å². The second-order valence-electron chi connectivity index (χ2n) is 7.89. The molecule has 1 unspecified atom stereocenters. The van der Waals surface area contributed by atoms with Crippen LogP contribution < -0.4 is 9.80 Å². The van der Waals surface area contributed by atoms with Crippen molar-refractivity contribution in [2.45, 2.75) is 66.0 Å². The van der Waals surface area contributed by atoms with Crippen molar-refractivity contribution >= 4 is 23.5 Å². The molecule has 0 N–H and O–H groups in total. The summed E-state index contributed by atoms with van der Waals surface area (Å²) in [6.07, 6.45) is 0.633. The number of carbonyl (C=O) groups excluding carboxylic acids is 2. The Hall–Kier alpha value is -2.09. The van der Waals surface area contributed by atoms with Gasteiger partial charge in [0.2, 0.25) is 5.91 Å². The highest BCUT2D eigenvalue weighted by molar-refractivity contribution is 6.02. The molecule has 8 heteroatoms. The lowest BCUT2D eigenvalue weighted by atomic mass is 10.1. The van der Waals surface area contributed by atoms with Gasteiger partial charge < -0.3 is 9.47 Å².